The second-order valence-corrected chi connectivity index (χ2v) is 5.70. The molecule has 21 heavy (non-hydrogen) atoms. The van der Waals surface area contributed by atoms with Crippen LogP contribution in [0.1, 0.15) is 37.3 Å². The van der Waals surface area contributed by atoms with Gasteiger partial charge >= 0.3 is 0 Å². The molecule has 2 aliphatic heterocycles. The van der Waals surface area contributed by atoms with Crippen LogP contribution in [0, 0.1) is 6.92 Å². The van der Waals surface area contributed by atoms with Crippen LogP contribution in [0.3, 0.4) is 0 Å². The van der Waals surface area contributed by atoms with Gasteiger partial charge in [-0.05, 0) is 19.8 Å². The van der Waals surface area contributed by atoms with Crippen LogP contribution in [0.5, 0.6) is 0 Å². The number of morpholine rings is 1. The van der Waals surface area contributed by atoms with Gasteiger partial charge in [0, 0.05) is 38.3 Å². The molecule has 0 radical (unpaired) electrons. The van der Waals surface area contributed by atoms with Crippen LogP contribution in [-0.2, 0) is 9.53 Å². The maximum atomic E-state index is 11.7. The van der Waals surface area contributed by atoms with Gasteiger partial charge in [0.05, 0.1) is 19.3 Å². The summed E-state index contributed by atoms with van der Waals surface area (Å²) in [6.07, 6.45) is 1.97. The Morgan fingerprint density at radius 2 is 2.05 bits per heavy atom. The van der Waals surface area contributed by atoms with Crippen molar-refractivity contribution in [2.75, 3.05) is 37.7 Å². The molecule has 2 aliphatic rings. The molecule has 1 atom stereocenters. The van der Waals surface area contributed by atoms with Gasteiger partial charge in [0.2, 0.25) is 5.91 Å². The van der Waals surface area contributed by atoms with E-state index in [0.29, 0.717) is 0 Å². The van der Waals surface area contributed by atoms with Crippen molar-refractivity contribution in [2.24, 2.45) is 0 Å². The summed E-state index contributed by atoms with van der Waals surface area (Å²) in [5.74, 6) is 1.84. The number of aromatic nitrogens is 2. The van der Waals surface area contributed by atoms with Crippen molar-refractivity contribution in [2.45, 2.75) is 32.7 Å². The van der Waals surface area contributed by atoms with E-state index in [1.54, 1.807) is 6.92 Å². The number of likely N-dealkylation sites (tertiary alicyclic amines) is 1. The monoisotopic (exact) mass is 290 g/mol. The number of hydrogen-bond donors (Lipinski definition) is 0. The van der Waals surface area contributed by atoms with E-state index in [0.717, 1.165) is 63.0 Å². The van der Waals surface area contributed by atoms with E-state index in [4.69, 9.17) is 9.72 Å². The lowest BCUT2D eigenvalue weighted by atomic mass is 10.2. The van der Waals surface area contributed by atoms with Crippen molar-refractivity contribution < 1.29 is 9.53 Å². The van der Waals surface area contributed by atoms with Gasteiger partial charge in [0.1, 0.15) is 5.82 Å². The number of ether oxygens (including phenoxy) is 1. The van der Waals surface area contributed by atoms with Crippen molar-refractivity contribution in [1.29, 1.82) is 0 Å². The average molecular weight is 290 g/mol. The minimum Gasteiger partial charge on any atom is -0.378 e. The van der Waals surface area contributed by atoms with E-state index in [2.05, 4.69) is 9.88 Å². The molecule has 6 heteroatoms. The molecule has 114 valence electrons. The number of nitrogens with zero attached hydrogens (tertiary/aromatic N) is 4. The summed E-state index contributed by atoms with van der Waals surface area (Å²) in [6, 6.07) is 2.05. The standard InChI is InChI=1S/C15H22N4O2/c1-11-10-14(18-6-8-21-9-7-18)17-15(16-11)13-4-3-5-19(13)12(2)20/h10,13H,3-9H2,1-2H3. The molecular weight excluding hydrogens is 268 g/mol. The van der Waals surface area contributed by atoms with Crippen molar-refractivity contribution in [3.63, 3.8) is 0 Å². The highest BCUT2D eigenvalue weighted by molar-refractivity contribution is 5.74. The minimum atomic E-state index is 0.0298. The van der Waals surface area contributed by atoms with Crippen LogP contribution in [0.15, 0.2) is 6.07 Å². The van der Waals surface area contributed by atoms with Crippen LogP contribution >= 0.6 is 0 Å². The first kappa shape index (κ1) is 14.3. The Labute approximate surface area is 125 Å². The summed E-state index contributed by atoms with van der Waals surface area (Å²) in [4.78, 5) is 25.2. The topological polar surface area (TPSA) is 58.6 Å². The van der Waals surface area contributed by atoms with Crippen LogP contribution in [0.2, 0.25) is 0 Å². The second kappa shape index (κ2) is 5.97. The first-order valence-corrected chi connectivity index (χ1v) is 7.60. The normalized spacial score (nSPS) is 22.7. The first-order chi connectivity index (χ1) is 10.1. The second-order valence-electron chi connectivity index (χ2n) is 5.70. The number of aryl methyl sites for hydroxylation is 1. The molecule has 0 bridgehead atoms. The van der Waals surface area contributed by atoms with E-state index < -0.39 is 0 Å². The lowest BCUT2D eigenvalue weighted by Crippen LogP contribution is -2.37. The van der Waals surface area contributed by atoms with E-state index >= 15 is 0 Å². The maximum absolute atomic E-state index is 11.7. The summed E-state index contributed by atoms with van der Waals surface area (Å²) < 4.78 is 5.39. The molecule has 6 nitrogen and oxygen atoms in total. The molecule has 0 aliphatic carbocycles. The molecule has 2 fully saturated rings. The first-order valence-electron chi connectivity index (χ1n) is 7.60. The molecule has 1 aromatic heterocycles. The number of rotatable bonds is 2. The van der Waals surface area contributed by atoms with Crippen molar-refractivity contribution in [1.82, 2.24) is 14.9 Å². The lowest BCUT2D eigenvalue weighted by molar-refractivity contribution is -0.129. The van der Waals surface area contributed by atoms with E-state index in [1.807, 2.05) is 17.9 Å². The van der Waals surface area contributed by atoms with Gasteiger partial charge in [-0.15, -0.1) is 0 Å². The van der Waals surface area contributed by atoms with Crippen molar-refractivity contribution in [3.8, 4) is 0 Å². The van der Waals surface area contributed by atoms with E-state index in [9.17, 15) is 4.79 Å². The maximum Gasteiger partial charge on any atom is 0.220 e. The summed E-state index contributed by atoms with van der Waals surface area (Å²) >= 11 is 0. The molecular formula is C15H22N4O2. The minimum absolute atomic E-state index is 0.0298. The fourth-order valence-corrected chi connectivity index (χ4v) is 3.09. The highest BCUT2D eigenvalue weighted by Crippen LogP contribution is 2.31. The summed E-state index contributed by atoms with van der Waals surface area (Å²) in [7, 11) is 0. The SMILES string of the molecule is CC(=O)N1CCCC1c1nc(C)cc(N2CCOCC2)n1. The smallest absolute Gasteiger partial charge is 0.220 e. The Bertz CT molecular complexity index is 528. The van der Waals surface area contributed by atoms with Gasteiger partial charge < -0.3 is 14.5 Å². The molecule has 0 spiro atoms. The zero-order chi connectivity index (χ0) is 14.8. The zero-order valence-corrected chi connectivity index (χ0v) is 12.7. The van der Waals surface area contributed by atoms with Gasteiger partial charge in [0.15, 0.2) is 5.82 Å². The number of hydrogen-bond acceptors (Lipinski definition) is 5. The Balaban J connectivity index is 1.88. The van der Waals surface area contributed by atoms with Crippen molar-refractivity contribution in [3.05, 3.63) is 17.6 Å². The fourth-order valence-electron chi connectivity index (χ4n) is 3.09. The van der Waals surface area contributed by atoms with Gasteiger partial charge in [-0.3, -0.25) is 4.79 Å². The number of carbonyl (C=O) groups is 1. The molecule has 2 saturated heterocycles. The van der Waals surface area contributed by atoms with Gasteiger partial charge in [0.25, 0.3) is 0 Å². The van der Waals surface area contributed by atoms with E-state index in [1.165, 1.54) is 0 Å². The lowest BCUT2D eigenvalue weighted by Gasteiger charge is -2.29. The third-order valence-electron chi connectivity index (χ3n) is 4.15. The predicted molar refractivity (Wildman–Crippen MR) is 79.2 cm³/mol. The Hall–Kier alpha value is -1.69. The predicted octanol–water partition coefficient (Wildman–Crippen LogP) is 1.31. The molecule has 3 heterocycles. The average Bonchev–Trinajstić information content (AvgIpc) is 2.97. The van der Waals surface area contributed by atoms with Crippen molar-refractivity contribution >= 4 is 11.7 Å². The highest BCUT2D eigenvalue weighted by Gasteiger charge is 2.30. The third-order valence-corrected chi connectivity index (χ3v) is 4.15. The summed E-state index contributed by atoms with van der Waals surface area (Å²) in [5, 5.41) is 0. The summed E-state index contributed by atoms with van der Waals surface area (Å²) in [6.45, 7) is 7.61. The number of amides is 1. The highest BCUT2D eigenvalue weighted by atomic mass is 16.5. The third kappa shape index (κ3) is 3.00. The summed E-state index contributed by atoms with van der Waals surface area (Å²) in [5.41, 5.74) is 0.955. The fraction of sp³-hybridized carbons (Fsp3) is 0.667. The van der Waals surface area contributed by atoms with Crippen LogP contribution in [-0.4, -0.2) is 53.6 Å². The van der Waals surface area contributed by atoms with E-state index in [-0.39, 0.29) is 11.9 Å². The number of carbonyl (C=O) groups excluding carboxylic acids is 1. The Kier molecular flexibility index (Phi) is 4.05. The van der Waals surface area contributed by atoms with Gasteiger partial charge in [-0.2, -0.15) is 0 Å². The molecule has 1 aromatic rings. The quantitative estimate of drug-likeness (QED) is 0.822. The molecule has 3 rings (SSSR count). The molecule has 1 unspecified atom stereocenters. The van der Waals surface area contributed by atoms with Crippen LogP contribution in [0.4, 0.5) is 5.82 Å². The Morgan fingerprint density at radius 1 is 1.29 bits per heavy atom. The van der Waals surface area contributed by atoms with Crippen LogP contribution < -0.4 is 4.90 Å². The van der Waals surface area contributed by atoms with Gasteiger partial charge in [-0.25, -0.2) is 9.97 Å². The van der Waals surface area contributed by atoms with Gasteiger partial charge in [-0.1, -0.05) is 0 Å². The molecule has 0 saturated carbocycles. The number of anilines is 1. The Morgan fingerprint density at radius 3 is 2.76 bits per heavy atom. The van der Waals surface area contributed by atoms with Crippen LogP contribution in [0.25, 0.3) is 0 Å². The molecule has 0 N–H and O–H groups in total. The largest absolute Gasteiger partial charge is 0.378 e. The zero-order valence-electron chi connectivity index (χ0n) is 12.7. The molecule has 1 amide bonds. The molecule has 0 aromatic carbocycles.